The Hall–Kier alpha value is -0.490. The van der Waals surface area contributed by atoms with Crippen LogP contribution in [-0.4, -0.2) is 0 Å². The molecule has 0 saturated heterocycles. The predicted octanol–water partition coefficient (Wildman–Crippen LogP) is 4.81. The molecule has 0 amide bonds. The Morgan fingerprint density at radius 2 is 1.93 bits per heavy atom. The van der Waals surface area contributed by atoms with Gasteiger partial charge in [-0.2, -0.15) is 0 Å². The monoisotopic (exact) mass is 210 g/mol. The van der Waals surface area contributed by atoms with Crippen molar-refractivity contribution in [3.8, 4) is 0 Å². The van der Waals surface area contributed by atoms with Crippen LogP contribution in [0.25, 0.3) is 0 Å². The number of rotatable bonds is 4. The van der Waals surface area contributed by atoms with Gasteiger partial charge in [0, 0.05) is 5.02 Å². The van der Waals surface area contributed by atoms with Crippen LogP contribution in [0.3, 0.4) is 0 Å². The van der Waals surface area contributed by atoms with Crippen LogP contribution >= 0.6 is 11.6 Å². The fourth-order valence-electron chi connectivity index (χ4n) is 1.53. The Kier molecular flexibility index (Phi) is 4.47. The molecule has 0 saturated carbocycles. The molecule has 1 heteroatoms. The molecule has 1 aromatic rings. The highest BCUT2D eigenvalue weighted by molar-refractivity contribution is 6.30. The van der Waals surface area contributed by atoms with E-state index in [0.29, 0.717) is 5.92 Å². The van der Waals surface area contributed by atoms with Crippen molar-refractivity contribution < 1.29 is 0 Å². The molecule has 0 N–H and O–H groups in total. The lowest BCUT2D eigenvalue weighted by molar-refractivity contribution is 0.789. The van der Waals surface area contributed by atoms with Crippen molar-refractivity contribution in [2.75, 3.05) is 0 Å². The van der Waals surface area contributed by atoms with E-state index in [1.165, 1.54) is 24.0 Å². The Balaban J connectivity index is 2.84. The van der Waals surface area contributed by atoms with Gasteiger partial charge >= 0.3 is 0 Å². The second-order valence-electron chi connectivity index (χ2n) is 4.15. The van der Waals surface area contributed by atoms with Gasteiger partial charge in [0.25, 0.3) is 0 Å². The first-order valence-corrected chi connectivity index (χ1v) is 5.80. The Bertz CT molecular complexity index is 289. The van der Waals surface area contributed by atoms with Gasteiger partial charge in [-0.25, -0.2) is 0 Å². The highest BCUT2D eigenvalue weighted by atomic mass is 35.5. The van der Waals surface area contributed by atoms with E-state index in [1.54, 1.807) is 0 Å². The van der Waals surface area contributed by atoms with Gasteiger partial charge in [0.2, 0.25) is 0 Å². The zero-order chi connectivity index (χ0) is 10.6. The van der Waals surface area contributed by atoms with Crippen LogP contribution in [0.4, 0.5) is 0 Å². The maximum absolute atomic E-state index is 6.07. The molecule has 78 valence electrons. The Morgan fingerprint density at radius 1 is 1.21 bits per heavy atom. The second-order valence-corrected chi connectivity index (χ2v) is 4.59. The number of aryl methyl sites for hydroxylation is 1. The topological polar surface area (TPSA) is 0 Å². The molecule has 0 spiro atoms. The van der Waals surface area contributed by atoms with Crippen molar-refractivity contribution >= 4 is 11.6 Å². The molecule has 0 aliphatic rings. The zero-order valence-corrected chi connectivity index (χ0v) is 10.1. The summed E-state index contributed by atoms with van der Waals surface area (Å²) in [6.45, 7) is 6.62. The van der Waals surface area contributed by atoms with Gasteiger partial charge in [-0.3, -0.25) is 0 Å². The molecule has 0 unspecified atom stereocenters. The van der Waals surface area contributed by atoms with Crippen LogP contribution in [0, 0.1) is 0 Å². The average molecular weight is 211 g/mol. The van der Waals surface area contributed by atoms with E-state index in [2.05, 4.69) is 39.0 Å². The van der Waals surface area contributed by atoms with Crippen molar-refractivity contribution in [2.24, 2.45) is 0 Å². The van der Waals surface area contributed by atoms with Crippen molar-refractivity contribution in [1.29, 1.82) is 0 Å². The minimum absolute atomic E-state index is 0.564. The number of benzene rings is 1. The highest BCUT2D eigenvalue weighted by Gasteiger charge is 2.02. The summed E-state index contributed by atoms with van der Waals surface area (Å²) in [7, 11) is 0. The molecule has 0 atom stereocenters. The van der Waals surface area contributed by atoms with Crippen molar-refractivity contribution in [3.63, 3.8) is 0 Å². The lowest BCUT2D eigenvalue weighted by Gasteiger charge is -2.09. The molecular formula is C13H19Cl. The fraction of sp³-hybridized carbons (Fsp3) is 0.538. The van der Waals surface area contributed by atoms with E-state index >= 15 is 0 Å². The van der Waals surface area contributed by atoms with Gasteiger partial charge in [-0.15, -0.1) is 0 Å². The highest BCUT2D eigenvalue weighted by Crippen LogP contribution is 2.22. The van der Waals surface area contributed by atoms with Crippen LogP contribution in [0.5, 0.6) is 0 Å². The first kappa shape index (κ1) is 11.6. The van der Waals surface area contributed by atoms with Crippen LogP contribution in [-0.2, 0) is 6.42 Å². The minimum Gasteiger partial charge on any atom is -0.0843 e. The van der Waals surface area contributed by atoms with E-state index < -0.39 is 0 Å². The molecule has 0 bridgehead atoms. The lowest BCUT2D eigenvalue weighted by atomic mass is 9.99. The van der Waals surface area contributed by atoms with Crippen LogP contribution < -0.4 is 0 Å². The smallest absolute Gasteiger partial charge is 0.0411 e. The third kappa shape index (κ3) is 3.34. The largest absolute Gasteiger partial charge is 0.0843 e. The first-order chi connectivity index (χ1) is 6.63. The summed E-state index contributed by atoms with van der Waals surface area (Å²) in [5, 5.41) is 0.877. The quantitative estimate of drug-likeness (QED) is 0.670. The Morgan fingerprint density at radius 3 is 2.50 bits per heavy atom. The van der Waals surface area contributed by atoms with Crippen molar-refractivity contribution in [1.82, 2.24) is 0 Å². The molecule has 0 aliphatic carbocycles. The zero-order valence-electron chi connectivity index (χ0n) is 9.31. The molecule has 0 heterocycles. The van der Waals surface area contributed by atoms with Gasteiger partial charge in [0.1, 0.15) is 0 Å². The normalized spacial score (nSPS) is 10.9. The van der Waals surface area contributed by atoms with E-state index in [4.69, 9.17) is 11.6 Å². The number of hydrogen-bond acceptors (Lipinski definition) is 0. The molecular weight excluding hydrogens is 192 g/mol. The third-order valence-electron chi connectivity index (χ3n) is 2.47. The summed E-state index contributed by atoms with van der Waals surface area (Å²) in [5.41, 5.74) is 2.73. The second kappa shape index (κ2) is 5.41. The van der Waals surface area contributed by atoms with E-state index in [0.717, 1.165) is 11.4 Å². The van der Waals surface area contributed by atoms with Gasteiger partial charge < -0.3 is 0 Å². The summed E-state index contributed by atoms with van der Waals surface area (Å²) in [5.74, 6) is 0.564. The molecule has 14 heavy (non-hydrogen) atoms. The number of unbranched alkanes of at least 4 members (excludes halogenated alkanes) is 1. The maximum Gasteiger partial charge on any atom is 0.0411 e. The molecule has 0 fully saturated rings. The van der Waals surface area contributed by atoms with Gasteiger partial charge in [0.05, 0.1) is 0 Å². The minimum atomic E-state index is 0.564. The fourth-order valence-corrected chi connectivity index (χ4v) is 1.80. The number of hydrogen-bond donors (Lipinski definition) is 0. The molecule has 1 rings (SSSR count). The first-order valence-electron chi connectivity index (χ1n) is 5.43. The summed E-state index contributed by atoms with van der Waals surface area (Å²) in [4.78, 5) is 0. The maximum atomic E-state index is 6.07. The summed E-state index contributed by atoms with van der Waals surface area (Å²) >= 11 is 6.07. The summed E-state index contributed by atoms with van der Waals surface area (Å²) < 4.78 is 0. The Labute approximate surface area is 92.3 Å². The van der Waals surface area contributed by atoms with Crippen LogP contribution in [0.1, 0.15) is 50.7 Å². The standard InChI is InChI=1S/C13H19Cl/c1-4-5-6-11-7-12(10(2)3)9-13(14)8-11/h7-10H,4-6H2,1-3H3. The van der Waals surface area contributed by atoms with Crippen LogP contribution in [0.2, 0.25) is 5.02 Å². The van der Waals surface area contributed by atoms with E-state index in [-0.39, 0.29) is 0 Å². The van der Waals surface area contributed by atoms with Gasteiger partial charge in [-0.05, 0) is 42.0 Å². The summed E-state index contributed by atoms with van der Waals surface area (Å²) in [6, 6.07) is 6.44. The SMILES string of the molecule is CCCCc1cc(Cl)cc(C(C)C)c1. The van der Waals surface area contributed by atoms with Crippen molar-refractivity contribution in [2.45, 2.75) is 46.0 Å². The van der Waals surface area contributed by atoms with Gasteiger partial charge in [-0.1, -0.05) is 44.9 Å². The lowest BCUT2D eigenvalue weighted by Crippen LogP contribution is -1.91. The van der Waals surface area contributed by atoms with Gasteiger partial charge in [0.15, 0.2) is 0 Å². The average Bonchev–Trinajstić information content (AvgIpc) is 2.14. The summed E-state index contributed by atoms with van der Waals surface area (Å²) in [6.07, 6.45) is 3.64. The molecule has 0 aliphatic heterocycles. The van der Waals surface area contributed by atoms with Crippen LogP contribution in [0.15, 0.2) is 18.2 Å². The molecule has 0 radical (unpaired) electrons. The third-order valence-corrected chi connectivity index (χ3v) is 2.68. The predicted molar refractivity (Wildman–Crippen MR) is 64.2 cm³/mol. The molecule has 1 aromatic carbocycles. The van der Waals surface area contributed by atoms with E-state index in [1.807, 2.05) is 0 Å². The van der Waals surface area contributed by atoms with E-state index in [9.17, 15) is 0 Å². The molecule has 0 nitrogen and oxygen atoms in total. The van der Waals surface area contributed by atoms with Crippen molar-refractivity contribution in [3.05, 3.63) is 34.3 Å². The number of halogens is 1. The molecule has 0 aromatic heterocycles.